The number of hydrogen-bond acceptors (Lipinski definition) is 3. The van der Waals surface area contributed by atoms with E-state index in [1.54, 1.807) is 18.8 Å². The molecule has 0 spiro atoms. The van der Waals surface area contributed by atoms with Crippen molar-refractivity contribution in [2.24, 2.45) is 5.73 Å². The smallest absolute Gasteiger partial charge is 0.239 e. The number of rotatable bonds is 6. The Kier molecular flexibility index (Phi) is 6.24. The van der Waals surface area contributed by atoms with Gasteiger partial charge in [-0.1, -0.05) is 6.07 Å². The third-order valence-electron chi connectivity index (χ3n) is 2.73. The zero-order chi connectivity index (χ0) is 14.4. The molecule has 1 atom stereocenters. The molecule has 0 unspecified atom stereocenters. The fraction of sp³-hybridized carbons (Fsp3) is 0.462. The average molecular weight is 288 g/mol. The van der Waals surface area contributed by atoms with Crippen molar-refractivity contribution < 1.29 is 13.6 Å². The number of carbonyl (C=O) groups is 1. The molecule has 1 aromatic rings. The normalized spacial score (nSPS) is 12.3. The van der Waals surface area contributed by atoms with E-state index in [1.165, 1.54) is 11.0 Å². The highest BCUT2D eigenvalue weighted by molar-refractivity contribution is 7.98. The summed E-state index contributed by atoms with van der Waals surface area (Å²) < 4.78 is 25.8. The van der Waals surface area contributed by atoms with Crippen LogP contribution in [0.3, 0.4) is 0 Å². The second-order valence-corrected chi connectivity index (χ2v) is 5.32. The van der Waals surface area contributed by atoms with E-state index in [2.05, 4.69) is 0 Å². The van der Waals surface area contributed by atoms with Gasteiger partial charge in [-0.05, 0) is 36.1 Å². The number of nitrogens with zero attached hydrogens (tertiary/aromatic N) is 1. The van der Waals surface area contributed by atoms with Crippen molar-refractivity contribution in [2.75, 3.05) is 19.1 Å². The molecule has 0 saturated carbocycles. The molecule has 1 aromatic carbocycles. The van der Waals surface area contributed by atoms with Crippen LogP contribution in [0, 0.1) is 11.6 Å². The predicted octanol–water partition coefficient (Wildman–Crippen LogP) is 2.00. The van der Waals surface area contributed by atoms with E-state index in [0.717, 1.165) is 17.9 Å². The van der Waals surface area contributed by atoms with E-state index < -0.39 is 17.7 Å². The molecule has 6 heteroatoms. The molecule has 1 rings (SSSR count). The summed E-state index contributed by atoms with van der Waals surface area (Å²) >= 11 is 1.62. The maximum absolute atomic E-state index is 13.0. The predicted molar refractivity (Wildman–Crippen MR) is 73.8 cm³/mol. The summed E-state index contributed by atoms with van der Waals surface area (Å²) in [5, 5.41) is 0. The van der Waals surface area contributed by atoms with Crippen LogP contribution in [0.1, 0.15) is 12.0 Å². The summed E-state index contributed by atoms with van der Waals surface area (Å²) in [6.07, 6.45) is 2.55. The van der Waals surface area contributed by atoms with Crippen molar-refractivity contribution in [1.82, 2.24) is 4.90 Å². The number of halogens is 2. The second-order valence-electron chi connectivity index (χ2n) is 4.33. The number of benzene rings is 1. The number of amides is 1. The van der Waals surface area contributed by atoms with Gasteiger partial charge in [0.2, 0.25) is 5.91 Å². The van der Waals surface area contributed by atoms with Crippen LogP contribution in [0.25, 0.3) is 0 Å². The quantitative estimate of drug-likeness (QED) is 0.871. The van der Waals surface area contributed by atoms with Crippen LogP contribution in [0.15, 0.2) is 18.2 Å². The van der Waals surface area contributed by atoms with Crippen LogP contribution < -0.4 is 5.73 Å². The Morgan fingerprint density at radius 1 is 1.42 bits per heavy atom. The lowest BCUT2D eigenvalue weighted by Gasteiger charge is -2.21. The Labute approximate surface area is 116 Å². The average Bonchev–Trinajstić information content (AvgIpc) is 2.39. The van der Waals surface area contributed by atoms with E-state index in [4.69, 9.17) is 5.73 Å². The van der Waals surface area contributed by atoms with Gasteiger partial charge in [0.05, 0.1) is 6.04 Å². The third-order valence-corrected chi connectivity index (χ3v) is 3.37. The first-order chi connectivity index (χ1) is 8.95. The molecular formula is C13H18F2N2OS. The second kappa shape index (κ2) is 7.45. The number of thioether (sulfide) groups is 1. The molecule has 0 saturated heterocycles. The van der Waals surface area contributed by atoms with Gasteiger partial charge in [0, 0.05) is 13.6 Å². The van der Waals surface area contributed by atoms with E-state index in [1.807, 2.05) is 6.26 Å². The monoisotopic (exact) mass is 288 g/mol. The van der Waals surface area contributed by atoms with Gasteiger partial charge in [-0.25, -0.2) is 8.78 Å². The van der Waals surface area contributed by atoms with E-state index >= 15 is 0 Å². The first-order valence-corrected chi connectivity index (χ1v) is 7.28. The molecule has 0 radical (unpaired) electrons. The fourth-order valence-electron chi connectivity index (χ4n) is 1.64. The standard InChI is InChI=1S/C13H18F2N2OS/c1-17(13(18)12(16)5-6-19-2)8-9-3-4-10(14)11(15)7-9/h3-4,7,12H,5-6,8,16H2,1-2H3/t12-/m0/s1. The number of likely N-dealkylation sites (N-methyl/N-ethyl adjacent to an activating group) is 1. The summed E-state index contributed by atoms with van der Waals surface area (Å²) in [5.41, 5.74) is 6.31. The van der Waals surface area contributed by atoms with Crippen LogP contribution in [-0.4, -0.2) is 35.9 Å². The van der Waals surface area contributed by atoms with Gasteiger partial charge in [-0.2, -0.15) is 11.8 Å². The van der Waals surface area contributed by atoms with Gasteiger partial charge in [0.25, 0.3) is 0 Å². The summed E-state index contributed by atoms with van der Waals surface area (Å²) in [6.45, 7) is 0.211. The van der Waals surface area contributed by atoms with Crippen LogP contribution in [-0.2, 0) is 11.3 Å². The van der Waals surface area contributed by atoms with Gasteiger partial charge in [-0.15, -0.1) is 0 Å². The van der Waals surface area contributed by atoms with Gasteiger partial charge in [-0.3, -0.25) is 4.79 Å². The minimum absolute atomic E-state index is 0.196. The summed E-state index contributed by atoms with van der Waals surface area (Å²) in [5.74, 6) is -1.19. The highest BCUT2D eigenvalue weighted by atomic mass is 32.2. The molecule has 0 aliphatic carbocycles. The first kappa shape index (κ1) is 15.9. The maximum atomic E-state index is 13.0. The van der Waals surface area contributed by atoms with E-state index in [9.17, 15) is 13.6 Å². The third kappa shape index (κ3) is 4.80. The number of hydrogen-bond donors (Lipinski definition) is 1. The van der Waals surface area contributed by atoms with Gasteiger partial charge in [0.1, 0.15) is 0 Å². The van der Waals surface area contributed by atoms with Crippen molar-refractivity contribution in [2.45, 2.75) is 19.0 Å². The lowest BCUT2D eigenvalue weighted by atomic mass is 10.1. The van der Waals surface area contributed by atoms with Gasteiger partial charge < -0.3 is 10.6 Å². The summed E-state index contributed by atoms with van der Waals surface area (Å²) in [7, 11) is 1.60. The molecule has 0 aliphatic heterocycles. The highest BCUT2D eigenvalue weighted by Gasteiger charge is 2.18. The van der Waals surface area contributed by atoms with Crippen LogP contribution in [0.2, 0.25) is 0 Å². The number of carbonyl (C=O) groups excluding carboxylic acids is 1. The topological polar surface area (TPSA) is 46.3 Å². The Bertz CT molecular complexity index is 443. The molecule has 0 aromatic heterocycles. The summed E-state index contributed by atoms with van der Waals surface area (Å²) in [4.78, 5) is 13.4. The molecule has 106 valence electrons. The molecular weight excluding hydrogens is 270 g/mol. The fourth-order valence-corrected chi connectivity index (χ4v) is 2.13. The van der Waals surface area contributed by atoms with Crippen LogP contribution in [0.4, 0.5) is 8.78 Å². The Balaban J connectivity index is 2.60. The minimum atomic E-state index is -0.912. The van der Waals surface area contributed by atoms with Gasteiger partial charge in [0.15, 0.2) is 11.6 Å². The zero-order valence-corrected chi connectivity index (χ0v) is 11.8. The largest absolute Gasteiger partial charge is 0.340 e. The first-order valence-electron chi connectivity index (χ1n) is 5.89. The molecule has 0 heterocycles. The molecule has 1 amide bonds. The Hall–Kier alpha value is -1.14. The number of nitrogens with two attached hydrogens (primary N) is 1. The molecule has 3 nitrogen and oxygen atoms in total. The minimum Gasteiger partial charge on any atom is -0.340 e. The Morgan fingerprint density at radius 3 is 2.68 bits per heavy atom. The molecule has 0 bridgehead atoms. The van der Waals surface area contributed by atoms with Crippen molar-refractivity contribution >= 4 is 17.7 Å². The summed E-state index contributed by atoms with van der Waals surface area (Å²) in [6, 6.07) is 3.04. The molecule has 0 aliphatic rings. The van der Waals surface area contributed by atoms with E-state index in [-0.39, 0.29) is 12.5 Å². The Morgan fingerprint density at radius 2 is 2.11 bits per heavy atom. The zero-order valence-electron chi connectivity index (χ0n) is 11.0. The molecule has 19 heavy (non-hydrogen) atoms. The van der Waals surface area contributed by atoms with E-state index in [0.29, 0.717) is 12.0 Å². The lowest BCUT2D eigenvalue weighted by Crippen LogP contribution is -2.41. The molecule has 0 fully saturated rings. The SMILES string of the molecule is CSCC[C@H](N)C(=O)N(C)Cc1ccc(F)c(F)c1. The lowest BCUT2D eigenvalue weighted by molar-refractivity contribution is -0.131. The van der Waals surface area contributed by atoms with Crippen molar-refractivity contribution in [1.29, 1.82) is 0 Å². The van der Waals surface area contributed by atoms with Gasteiger partial charge >= 0.3 is 0 Å². The van der Waals surface area contributed by atoms with Crippen molar-refractivity contribution in [3.05, 3.63) is 35.4 Å². The maximum Gasteiger partial charge on any atom is 0.239 e. The highest BCUT2D eigenvalue weighted by Crippen LogP contribution is 2.11. The van der Waals surface area contributed by atoms with Crippen LogP contribution >= 0.6 is 11.8 Å². The van der Waals surface area contributed by atoms with Crippen LogP contribution in [0.5, 0.6) is 0 Å². The van der Waals surface area contributed by atoms with Crippen molar-refractivity contribution in [3.63, 3.8) is 0 Å². The van der Waals surface area contributed by atoms with Crippen molar-refractivity contribution in [3.8, 4) is 0 Å². The molecule has 2 N–H and O–H groups in total.